The fraction of sp³-hybridized carbons (Fsp3) is 0.556. The molecule has 0 aromatic heterocycles. The van der Waals surface area contributed by atoms with E-state index in [0.717, 1.165) is 19.3 Å². The van der Waals surface area contributed by atoms with Gasteiger partial charge in [-0.3, -0.25) is 4.79 Å². The highest BCUT2D eigenvalue weighted by Crippen LogP contribution is 2.45. The van der Waals surface area contributed by atoms with Gasteiger partial charge in [0.05, 0.1) is 5.56 Å². The van der Waals surface area contributed by atoms with Crippen molar-refractivity contribution >= 4 is 11.9 Å². The summed E-state index contributed by atoms with van der Waals surface area (Å²) in [6.45, 7) is 7.20. The molecule has 0 aliphatic heterocycles. The summed E-state index contributed by atoms with van der Waals surface area (Å²) < 4.78 is 0. The van der Waals surface area contributed by atoms with Crippen LogP contribution >= 0.6 is 0 Å². The summed E-state index contributed by atoms with van der Waals surface area (Å²) in [4.78, 5) is 23.3. The third-order valence-corrected chi connectivity index (χ3v) is 4.67. The molecule has 1 aromatic rings. The first-order valence-electron chi connectivity index (χ1n) is 7.98. The molecule has 0 bridgehead atoms. The van der Waals surface area contributed by atoms with Crippen molar-refractivity contribution in [2.75, 3.05) is 6.54 Å². The van der Waals surface area contributed by atoms with Crippen LogP contribution in [0.1, 0.15) is 60.7 Å². The first kappa shape index (κ1) is 17.5. The minimum Gasteiger partial charge on any atom is -0.478 e. The predicted octanol–water partition coefficient (Wildman–Crippen LogP) is 2.66. The molecular weight excluding hydrogens is 292 g/mol. The van der Waals surface area contributed by atoms with E-state index in [-0.39, 0.29) is 28.3 Å². The summed E-state index contributed by atoms with van der Waals surface area (Å²) in [7, 11) is 0. The minimum atomic E-state index is -0.996. The van der Waals surface area contributed by atoms with E-state index in [9.17, 15) is 9.59 Å². The molecular formula is C18H26N2O3. The maximum Gasteiger partial charge on any atom is 0.335 e. The van der Waals surface area contributed by atoms with Gasteiger partial charge in [-0.1, -0.05) is 20.8 Å². The van der Waals surface area contributed by atoms with Crippen LogP contribution in [0.25, 0.3) is 0 Å². The van der Waals surface area contributed by atoms with Gasteiger partial charge in [-0.25, -0.2) is 4.79 Å². The lowest BCUT2D eigenvalue weighted by atomic mass is 9.62. The first-order valence-corrected chi connectivity index (χ1v) is 7.98. The van der Waals surface area contributed by atoms with Crippen molar-refractivity contribution in [1.29, 1.82) is 0 Å². The number of carboxylic acid groups (broad SMARTS) is 1. The molecule has 1 fully saturated rings. The van der Waals surface area contributed by atoms with Gasteiger partial charge in [0.25, 0.3) is 5.91 Å². The summed E-state index contributed by atoms with van der Waals surface area (Å²) in [5.41, 5.74) is 6.77. The van der Waals surface area contributed by atoms with Crippen LogP contribution < -0.4 is 11.1 Å². The lowest BCUT2D eigenvalue weighted by Gasteiger charge is -2.46. The number of carbonyl (C=O) groups is 2. The number of rotatable bonds is 4. The zero-order valence-electron chi connectivity index (χ0n) is 14.1. The second-order valence-electron chi connectivity index (χ2n) is 7.82. The molecule has 0 saturated heterocycles. The second kappa shape index (κ2) is 6.32. The van der Waals surface area contributed by atoms with Gasteiger partial charge in [0.1, 0.15) is 0 Å². The fourth-order valence-corrected chi connectivity index (χ4v) is 3.92. The molecule has 1 aromatic carbocycles. The van der Waals surface area contributed by atoms with Crippen LogP contribution in [0.4, 0.5) is 0 Å². The smallest absolute Gasteiger partial charge is 0.335 e. The van der Waals surface area contributed by atoms with Crippen molar-refractivity contribution in [3.05, 3.63) is 35.4 Å². The van der Waals surface area contributed by atoms with Gasteiger partial charge in [0.15, 0.2) is 0 Å². The van der Waals surface area contributed by atoms with E-state index in [1.54, 1.807) is 12.1 Å². The number of hydrogen-bond donors (Lipinski definition) is 3. The molecule has 1 aliphatic rings. The first-order chi connectivity index (χ1) is 10.6. The summed E-state index contributed by atoms with van der Waals surface area (Å²) in [5, 5.41) is 12.0. The third-order valence-electron chi connectivity index (χ3n) is 4.67. The number of carboxylic acids is 1. The average Bonchev–Trinajstić information content (AvgIpc) is 2.45. The van der Waals surface area contributed by atoms with E-state index >= 15 is 0 Å². The highest BCUT2D eigenvalue weighted by Gasteiger charge is 2.40. The monoisotopic (exact) mass is 318 g/mol. The standard InChI is InChI=1S/C18H26N2O3/c1-17(2)8-14(9-18(3,10-17)11-19)20-15(21)12-4-6-13(7-5-12)16(22)23/h4-7,14H,8-11,19H2,1-3H3,(H,20,21)(H,22,23). The van der Waals surface area contributed by atoms with Crippen molar-refractivity contribution in [3.63, 3.8) is 0 Å². The van der Waals surface area contributed by atoms with Gasteiger partial charge in [0.2, 0.25) is 0 Å². The quantitative estimate of drug-likeness (QED) is 0.795. The molecule has 5 nitrogen and oxygen atoms in total. The Hall–Kier alpha value is -1.88. The Morgan fingerprint density at radius 1 is 1.17 bits per heavy atom. The van der Waals surface area contributed by atoms with E-state index in [0.29, 0.717) is 12.1 Å². The molecule has 2 atom stereocenters. The Bertz CT molecular complexity index is 595. The molecule has 0 radical (unpaired) electrons. The Morgan fingerprint density at radius 3 is 2.26 bits per heavy atom. The number of amides is 1. The summed E-state index contributed by atoms with van der Waals surface area (Å²) in [5.74, 6) is -1.16. The number of nitrogens with two attached hydrogens (primary N) is 1. The van der Waals surface area contributed by atoms with Crippen molar-refractivity contribution in [2.24, 2.45) is 16.6 Å². The van der Waals surface area contributed by atoms with Crippen molar-refractivity contribution in [3.8, 4) is 0 Å². The number of aromatic carboxylic acids is 1. The topological polar surface area (TPSA) is 92.4 Å². The molecule has 1 aliphatic carbocycles. The number of hydrogen-bond acceptors (Lipinski definition) is 3. The average molecular weight is 318 g/mol. The van der Waals surface area contributed by atoms with Gasteiger partial charge in [0, 0.05) is 11.6 Å². The maximum absolute atomic E-state index is 12.4. The molecule has 0 heterocycles. The lowest BCUT2D eigenvalue weighted by molar-refractivity contribution is 0.0664. The number of carbonyl (C=O) groups excluding carboxylic acids is 1. The van der Waals surface area contributed by atoms with E-state index in [1.165, 1.54) is 12.1 Å². The number of benzene rings is 1. The van der Waals surface area contributed by atoms with Gasteiger partial charge >= 0.3 is 5.97 Å². The molecule has 2 unspecified atom stereocenters. The fourth-order valence-electron chi connectivity index (χ4n) is 3.92. The molecule has 23 heavy (non-hydrogen) atoms. The second-order valence-corrected chi connectivity index (χ2v) is 7.82. The normalized spacial score (nSPS) is 26.5. The SMILES string of the molecule is CC1(C)CC(NC(=O)c2ccc(C(=O)O)cc2)CC(C)(CN)C1. The van der Waals surface area contributed by atoms with E-state index in [1.807, 2.05) is 0 Å². The van der Waals surface area contributed by atoms with Gasteiger partial charge < -0.3 is 16.2 Å². The van der Waals surface area contributed by atoms with Gasteiger partial charge in [-0.05, 0) is 60.9 Å². The van der Waals surface area contributed by atoms with Crippen molar-refractivity contribution in [2.45, 2.75) is 46.1 Å². The van der Waals surface area contributed by atoms with Crippen LogP contribution in [0.15, 0.2) is 24.3 Å². The van der Waals surface area contributed by atoms with E-state index in [4.69, 9.17) is 10.8 Å². The number of nitrogens with one attached hydrogen (secondary N) is 1. The van der Waals surface area contributed by atoms with Crippen LogP contribution in [0.3, 0.4) is 0 Å². The van der Waals surface area contributed by atoms with E-state index in [2.05, 4.69) is 26.1 Å². The largest absolute Gasteiger partial charge is 0.478 e. The van der Waals surface area contributed by atoms with Crippen molar-refractivity contribution in [1.82, 2.24) is 5.32 Å². The van der Waals surface area contributed by atoms with Crippen LogP contribution in [-0.4, -0.2) is 29.6 Å². The Balaban J connectivity index is 2.08. The highest BCUT2D eigenvalue weighted by atomic mass is 16.4. The summed E-state index contributed by atoms with van der Waals surface area (Å²) in [6, 6.07) is 6.08. The molecule has 2 rings (SSSR count). The zero-order chi connectivity index (χ0) is 17.3. The molecule has 5 heteroatoms. The Morgan fingerprint density at radius 2 is 1.74 bits per heavy atom. The molecule has 1 saturated carbocycles. The minimum absolute atomic E-state index is 0.0346. The third kappa shape index (κ3) is 4.32. The molecule has 4 N–H and O–H groups in total. The zero-order valence-corrected chi connectivity index (χ0v) is 14.1. The molecule has 0 spiro atoms. The van der Waals surface area contributed by atoms with Crippen LogP contribution in [0.5, 0.6) is 0 Å². The van der Waals surface area contributed by atoms with E-state index < -0.39 is 5.97 Å². The van der Waals surface area contributed by atoms with Crippen LogP contribution in [0, 0.1) is 10.8 Å². The van der Waals surface area contributed by atoms with Crippen molar-refractivity contribution < 1.29 is 14.7 Å². The van der Waals surface area contributed by atoms with Crippen LogP contribution in [-0.2, 0) is 0 Å². The highest BCUT2D eigenvalue weighted by molar-refractivity contribution is 5.96. The Kier molecular flexibility index (Phi) is 4.80. The molecule has 126 valence electrons. The molecule has 1 amide bonds. The van der Waals surface area contributed by atoms with Crippen LogP contribution in [0.2, 0.25) is 0 Å². The predicted molar refractivity (Wildman–Crippen MR) is 89.4 cm³/mol. The lowest BCUT2D eigenvalue weighted by Crippen LogP contribution is -2.49. The maximum atomic E-state index is 12.4. The van der Waals surface area contributed by atoms with Gasteiger partial charge in [-0.2, -0.15) is 0 Å². The summed E-state index contributed by atoms with van der Waals surface area (Å²) >= 11 is 0. The Labute approximate surface area is 137 Å². The van der Waals surface area contributed by atoms with Gasteiger partial charge in [-0.15, -0.1) is 0 Å². The summed E-state index contributed by atoms with van der Waals surface area (Å²) in [6.07, 6.45) is 2.84.